The van der Waals surface area contributed by atoms with Crippen molar-refractivity contribution in [3.05, 3.63) is 35.9 Å². The maximum atomic E-state index is 13.8. The summed E-state index contributed by atoms with van der Waals surface area (Å²) in [6.45, 7) is 10.0. The number of piperidine rings is 1. The zero-order chi connectivity index (χ0) is 34.7. The third-order valence-corrected chi connectivity index (χ3v) is 8.43. The summed E-state index contributed by atoms with van der Waals surface area (Å²) >= 11 is 0. The minimum Gasteiger partial charge on any atom is -0.480 e. The second kappa shape index (κ2) is 17.4. The first-order chi connectivity index (χ1) is 21.5. The molecule has 1 fully saturated rings. The lowest BCUT2D eigenvalue weighted by molar-refractivity contribution is -0.148. The van der Waals surface area contributed by atoms with Gasteiger partial charge in [0.1, 0.15) is 23.7 Å². The van der Waals surface area contributed by atoms with Gasteiger partial charge in [-0.2, -0.15) is 0 Å². The van der Waals surface area contributed by atoms with Crippen LogP contribution in [0.15, 0.2) is 30.3 Å². The van der Waals surface area contributed by atoms with E-state index < -0.39 is 58.8 Å². The number of carboxylic acid groups (broad SMARTS) is 1. The molecule has 1 saturated heterocycles. The number of aliphatic carboxylic acids is 1. The summed E-state index contributed by atoms with van der Waals surface area (Å²) < 4.78 is 0. The Bertz CT molecular complexity index is 1180. The highest BCUT2D eigenvalue weighted by Gasteiger charge is 2.40. The van der Waals surface area contributed by atoms with Crippen molar-refractivity contribution in [2.24, 2.45) is 28.5 Å². The third-order valence-electron chi connectivity index (χ3n) is 8.43. The van der Waals surface area contributed by atoms with Gasteiger partial charge in [0, 0.05) is 19.5 Å². The van der Waals surface area contributed by atoms with Crippen molar-refractivity contribution in [2.75, 3.05) is 19.6 Å². The number of amides is 4. The number of hydrogen-bond acceptors (Lipinski definition) is 8. The number of carbonyl (C=O) groups excluding carboxylic acids is 4. The number of hydrogen-bond donors (Lipinski definition) is 7. The molecule has 13 heteroatoms. The van der Waals surface area contributed by atoms with Gasteiger partial charge in [-0.15, -0.1) is 0 Å². The molecule has 46 heavy (non-hydrogen) atoms. The van der Waals surface area contributed by atoms with Crippen molar-refractivity contribution in [3.8, 4) is 0 Å². The molecule has 1 aromatic rings. The van der Waals surface area contributed by atoms with E-state index in [0.29, 0.717) is 25.8 Å². The number of carboxylic acids is 1. The lowest BCUT2D eigenvalue weighted by atomic mass is 9.86. The molecular formula is C33H55N7O6. The molecule has 0 bridgehead atoms. The van der Waals surface area contributed by atoms with E-state index in [0.717, 1.165) is 5.56 Å². The first kappa shape index (κ1) is 38.6. The molecule has 4 amide bonds. The third kappa shape index (κ3) is 11.7. The molecule has 0 saturated carbocycles. The number of benzene rings is 1. The van der Waals surface area contributed by atoms with Crippen LogP contribution in [-0.2, 0) is 30.4 Å². The lowest BCUT2D eigenvalue weighted by Crippen LogP contribution is -2.61. The maximum absolute atomic E-state index is 13.8. The van der Waals surface area contributed by atoms with Crippen molar-refractivity contribution >= 4 is 29.6 Å². The average Bonchev–Trinajstić information content (AvgIpc) is 2.99. The van der Waals surface area contributed by atoms with Crippen molar-refractivity contribution in [3.63, 3.8) is 0 Å². The SMILES string of the molecule is CC(C)C[C@@H](NC(=O)[C@@H](Cc1ccccc1)NC(=O)[C@H](N)C(C)(C)C)C(=O)N[C@H](CCCCN)C(=O)N1CCC(N)(C(=O)O)CC1. The van der Waals surface area contributed by atoms with Gasteiger partial charge in [0.25, 0.3) is 0 Å². The highest BCUT2D eigenvalue weighted by atomic mass is 16.4. The molecule has 1 aromatic carbocycles. The topological polar surface area (TPSA) is 223 Å². The number of carbonyl (C=O) groups is 5. The summed E-state index contributed by atoms with van der Waals surface area (Å²) in [5.41, 5.74) is 16.7. The summed E-state index contributed by atoms with van der Waals surface area (Å²) in [5.74, 6) is -2.99. The Kier molecular flexibility index (Phi) is 14.6. The van der Waals surface area contributed by atoms with Crippen LogP contribution in [0.1, 0.15) is 78.7 Å². The van der Waals surface area contributed by atoms with Gasteiger partial charge in [0.2, 0.25) is 23.6 Å². The fraction of sp³-hybridized carbons (Fsp3) is 0.667. The van der Waals surface area contributed by atoms with Crippen LogP contribution in [0.4, 0.5) is 0 Å². The highest BCUT2D eigenvalue weighted by Crippen LogP contribution is 2.22. The normalized spacial score (nSPS) is 17.4. The minimum atomic E-state index is -1.40. The largest absolute Gasteiger partial charge is 0.480 e. The van der Waals surface area contributed by atoms with Crippen molar-refractivity contribution in [1.82, 2.24) is 20.9 Å². The molecule has 0 aromatic heterocycles. The first-order valence-corrected chi connectivity index (χ1v) is 16.2. The summed E-state index contributed by atoms with van der Waals surface area (Å²) in [6, 6.07) is 5.44. The Balaban J connectivity index is 2.26. The van der Waals surface area contributed by atoms with Crippen molar-refractivity contribution < 1.29 is 29.1 Å². The fourth-order valence-electron chi connectivity index (χ4n) is 5.27. The van der Waals surface area contributed by atoms with Crippen LogP contribution in [0.2, 0.25) is 0 Å². The second-order valence-electron chi connectivity index (χ2n) is 13.9. The Labute approximate surface area is 272 Å². The van der Waals surface area contributed by atoms with Crippen LogP contribution >= 0.6 is 0 Å². The molecule has 13 nitrogen and oxygen atoms in total. The summed E-state index contributed by atoms with van der Waals surface area (Å²) in [4.78, 5) is 67.3. The summed E-state index contributed by atoms with van der Waals surface area (Å²) in [7, 11) is 0. The van der Waals surface area contributed by atoms with E-state index in [9.17, 15) is 29.1 Å². The number of nitrogens with two attached hydrogens (primary N) is 3. The maximum Gasteiger partial charge on any atom is 0.323 e. The number of nitrogens with one attached hydrogen (secondary N) is 3. The van der Waals surface area contributed by atoms with E-state index in [4.69, 9.17) is 17.2 Å². The van der Waals surface area contributed by atoms with Gasteiger partial charge in [-0.25, -0.2) is 0 Å². The first-order valence-electron chi connectivity index (χ1n) is 16.2. The molecule has 1 heterocycles. The van der Waals surface area contributed by atoms with Crippen LogP contribution in [0.25, 0.3) is 0 Å². The van der Waals surface area contributed by atoms with Crippen molar-refractivity contribution in [2.45, 2.75) is 109 Å². The quantitative estimate of drug-likeness (QED) is 0.125. The molecule has 4 atom stereocenters. The van der Waals surface area contributed by atoms with Gasteiger partial charge >= 0.3 is 5.97 Å². The molecule has 1 aliphatic heterocycles. The highest BCUT2D eigenvalue weighted by molar-refractivity contribution is 5.95. The van der Waals surface area contributed by atoms with Crippen LogP contribution in [0.5, 0.6) is 0 Å². The van der Waals surface area contributed by atoms with Crippen LogP contribution in [0.3, 0.4) is 0 Å². The van der Waals surface area contributed by atoms with Crippen LogP contribution < -0.4 is 33.2 Å². The minimum absolute atomic E-state index is 0.00899. The summed E-state index contributed by atoms with van der Waals surface area (Å²) in [6.07, 6.45) is 2.20. The van der Waals surface area contributed by atoms with E-state index in [2.05, 4.69) is 16.0 Å². The van der Waals surface area contributed by atoms with E-state index in [1.165, 1.54) is 4.90 Å². The predicted molar refractivity (Wildman–Crippen MR) is 176 cm³/mol. The molecule has 0 spiro atoms. The van der Waals surface area contributed by atoms with Crippen molar-refractivity contribution in [1.29, 1.82) is 0 Å². The summed E-state index contributed by atoms with van der Waals surface area (Å²) in [5, 5.41) is 17.9. The lowest BCUT2D eigenvalue weighted by Gasteiger charge is -2.38. The number of rotatable bonds is 16. The van der Waals surface area contributed by atoms with Crippen LogP contribution in [-0.4, -0.2) is 88.9 Å². The smallest absolute Gasteiger partial charge is 0.323 e. The van der Waals surface area contributed by atoms with Gasteiger partial charge in [0.15, 0.2) is 0 Å². The monoisotopic (exact) mass is 645 g/mol. The molecule has 10 N–H and O–H groups in total. The van der Waals surface area contributed by atoms with Gasteiger partial charge in [-0.3, -0.25) is 24.0 Å². The van der Waals surface area contributed by atoms with Gasteiger partial charge in [0.05, 0.1) is 6.04 Å². The molecule has 0 unspecified atom stereocenters. The molecule has 258 valence electrons. The Morgan fingerprint density at radius 2 is 1.43 bits per heavy atom. The zero-order valence-electron chi connectivity index (χ0n) is 28.0. The zero-order valence-corrected chi connectivity index (χ0v) is 28.0. The predicted octanol–water partition coefficient (Wildman–Crippen LogP) is 0.637. The standard InChI is InChI=1S/C33H55N7O6/c1-21(2)19-24(38-28(42)25(20-22-11-7-6-8-12-22)39-29(43)26(35)32(3,4)5)27(41)37-23(13-9-10-16-34)30(44)40-17-14-33(36,15-18-40)31(45)46/h6-8,11-12,21,23-26H,9-10,13-20,34-36H2,1-5H3,(H,37,41)(H,38,42)(H,39,43)(H,45,46)/t23-,24-,25-,26+/m1/s1. The number of unbranched alkanes of at least 4 members (excludes halogenated alkanes) is 1. The van der Waals surface area contributed by atoms with E-state index in [1.807, 2.05) is 65.0 Å². The van der Waals surface area contributed by atoms with Gasteiger partial charge in [-0.1, -0.05) is 65.0 Å². The number of likely N-dealkylation sites (tertiary alicyclic amines) is 1. The average molecular weight is 646 g/mol. The van der Waals surface area contributed by atoms with Gasteiger partial charge < -0.3 is 43.2 Å². The second-order valence-corrected chi connectivity index (χ2v) is 13.9. The Morgan fingerprint density at radius 1 is 0.891 bits per heavy atom. The van der Waals surface area contributed by atoms with E-state index in [-0.39, 0.29) is 50.6 Å². The molecule has 2 rings (SSSR count). The Hall–Kier alpha value is -3.55. The molecule has 0 radical (unpaired) electrons. The number of nitrogens with zero attached hydrogens (tertiary/aromatic N) is 1. The van der Waals surface area contributed by atoms with Gasteiger partial charge in [-0.05, 0) is 62.0 Å². The van der Waals surface area contributed by atoms with E-state index >= 15 is 0 Å². The molecule has 1 aliphatic rings. The van der Waals surface area contributed by atoms with Crippen LogP contribution in [0, 0.1) is 11.3 Å². The molecular weight excluding hydrogens is 590 g/mol. The molecule has 0 aliphatic carbocycles. The van der Waals surface area contributed by atoms with E-state index in [1.54, 1.807) is 0 Å². The fourth-order valence-corrected chi connectivity index (χ4v) is 5.27. The Morgan fingerprint density at radius 3 is 1.96 bits per heavy atom.